The van der Waals surface area contributed by atoms with Gasteiger partial charge in [0.05, 0.1) is 16.2 Å². The Bertz CT molecular complexity index is 874. The summed E-state index contributed by atoms with van der Waals surface area (Å²) in [4.78, 5) is 0.157. The van der Waals surface area contributed by atoms with Gasteiger partial charge in [-0.2, -0.15) is 0 Å². The fraction of sp³-hybridized carbons (Fsp3) is 0.222. The molecular formula is C18H19NO3S2. The van der Waals surface area contributed by atoms with Crippen molar-refractivity contribution in [2.24, 2.45) is 0 Å². The van der Waals surface area contributed by atoms with E-state index in [1.165, 1.54) is 0 Å². The third kappa shape index (κ3) is 3.09. The SMILES string of the molecule is Cc1ccc(S(=O)(=O)N2[C@@H](c3ccccc3)C=C[C@@H](C)[S@]2=O)cc1. The van der Waals surface area contributed by atoms with Gasteiger partial charge < -0.3 is 0 Å². The van der Waals surface area contributed by atoms with E-state index in [1.807, 2.05) is 49.4 Å². The summed E-state index contributed by atoms with van der Waals surface area (Å²) in [6.45, 7) is 3.65. The number of benzene rings is 2. The van der Waals surface area contributed by atoms with Crippen LogP contribution >= 0.6 is 0 Å². The van der Waals surface area contributed by atoms with Crippen LogP contribution in [0.2, 0.25) is 0 Å². The van der Waals surface area contributed by atoms with Crippen LogP contribution in [-0.4, -0.2) is 21.6 Å². The lowest BCUT2D eigenvalue weighted by atomic mass is 10.1. The second kappa shape index (κ2) is 6.63. The normalized spacial score (nSPS) is 24.8. The van der Waals surface area contributed by atoms with Crippen LogP contribution in [0.15, 0.2) is 71.6 Å². The Morgan fingerprint density at radius 1 is 0.958 bits per heavy atom. The van der Waals surface area contributed by atoms with E-state index >= 15 is 0 Å². The minimum Gasteiger partial charge on any atom is -0.241 e. The molecule has 2 aromatic carbocycles. The molecule has 4 nitrogen and oxygen atoms in total. The second-order valence-electron chi connectivity index (χ2n) is 5.80. The van der Waals surface area contributed by atoms with Crippen molar-refractivity contribution >= 4 is 21.0 Å². The Morgan fingerprint density at radius 3 is 2.21 bits per heavy atom. The van der Waals surface area contributed by atoms with Crippen molar-refractivity contribution in [2.45, 2.75) is 30.0 Å². The van der Waals surface area contributed by atoms with Crippen LogP contribution in [0, 0.1) is 6.92 Å². The molecule has 0 saturated carbocycles. The van der Waals surface area contributed by atoms with Gasteiger partial charge in [0, 0.05) is 0 Å². The van der Waals surface area contributed by atoms with Crippen LogP contribution in [0.25, 0.3) is 0 Å². The third-order valence-corrected chi connectivity index (χ3v) is 7.96. The summed E-state index contributed by atoms with van der Waals surface area (Å²) in [5.41, 5.74) is 1.77. The molecule has 126 valence electrons. The molecule has 0 fully saturated rings. The molecule has 0 amide bonds. The van der Waals surface area contributed by atoms with Crippen LogP contribution < -0.4 is 0 Å². The van der Waals surface area contributed by atoms with Crippen molar-refractivity contribution in [3.05, 3.63) is 77.9 Å². The molecule has 0 spiro atoms. The molecule has 0 bridgehead atoms. The molecule has 0 saturated heterocycles. The molecular weight excluding hydrogens is 342 g/mol. The molecule has 0 aromatic heterocycles. The Morgan fingerprint density at radius 2 is 1.58 bits per heavy atom. The molecule has 2 aromatic rings. The summed E-state index contributed by atoms with van der Waals surface area (Å²) in [6.07, 6.45) is 3.63. The van der Waals surface area contributed by atoms with Gasteiger partial charge in [0.15, 0.2) is 0 Å². The number of nitrogens with zero attached hydrogens (tertiary/aromatic N) is 1. The lowest BCUT2D eigenvalue weighted by Crippen LogP contribution is -2.41. The largest absolute Gasteiger partial charge is 0.255 e. The van der Waals surface area contributed by atoms with Gasteiger partial charge in [-0.05, 0) is 31.5 Å². The van der Waals surface area contributed by atoms with Crippen LogP contribution in [0.1, 0.15) is 24.1 Å². The summed E-state index contributed by atoms with van der Waals surface area (Å²) in [5.74, 6) is 0. The summed E-state index contributed by atoms with van der Waals surface area (Å²) in [6, 6.07) is 15.3. The van der Waals surface area contributed by atoms with Gasteiger partial charge >= 0.3 is 0 Å². The van der Waals surface area contributed by atoms with Gasteiger partial charge in [-0.15, -0.1) is 3.71 Å². The van der Waals surface area contributed by atoms with Crippen LogP contribution in [0.4, 0.5) is 0 Å². The van der Waals surface area contributed by atoms with Crippen molar-refractivity contribution in [1.82, 2.24) is 3.71 Å². The predicted octanol–water partition coefficient (Wildman–Crippen LogP) is 3.35. The average Bonchev–Trinajstić information content (AvgIpc) is 2.58. The minimum atomic E-state index is -3.88. The summed E-state index contributed by atoms with van der Waals surface area (Å²) in [7, 11) is -5.55. The summed E-state index contributed by atoms with van der Waals surface area (Å²) < 4.78 is 40.2. The fourth-order valence-corrected chi connectivity index (χ4v) is 6.21. The van der Waals surface area contributed by atoms with E-state index in [9.17, 15) is 12.6 Å². The van der Waals surface area contributed by atoms with E-state index in [1.54, 1.807) is 31.2 Å². The molecule has 1 heterocycles. The molecule has 0 unspecified atom stereocenters. The van der Waals surface area contributed by atoms with E-state index in [4.69, 9.17) is 0 Å². The lowest BCUT2D eigenvalue weighted by molar-refractivity contribution is 0.491. The topological polar surface area (TPSA) is 54.5 Å². The van der Waals surface area contributed by atoms with Crippen molar-refractivity contribution in [1.29, 1.82) is 0 Å². The predicted molar refractivity (Wildman–Crippen MR) is 96.1 cm³/mol. The van der Waals surface area contributed by atoms with Gasteiger partial charge in [-0.3, -0.25) is 0 Å². The third-order valence-electron chi connectivity index (χ3n) is 3.98. The quantitative estimate of drug-likeness (QED) is 0.788. The highest BCUT2D eigenvalue weighted by Crippen LogP contribution is 2.35. The fourth-order valence-electron chi connectivity index (χ4n) is 2.62. The van der Waals surface area contributed by atoms with Gasteiger partial charge in [0.2, 0.25) is 0 Å². The van der Waals surface area contributed by atoms with Gasteiger partial charge in [-0.25, -0.2) is 12.6 Å². The monoisotopic (exact) mass is 361 g/mol. The Hall–Kier alpha value is -1.76. The first kappa shape index (κ1) is 17.1. The standard InChI is InChI=1S/C18H19NO3S2/c1-14-8-11-17(12-9-14)24(21,22)19-18(13-10-15(2)23(19)20)16-6-4-3-5-7-16/h3-13,15,18H,1-2H3/t15-,18-,23-/m1/s1. The van der Waals surface area contributed by atoms with Crippen molar-refractivity contribution in [2.75, 3.05) is 0 Å². The molecule has 24 heavy (non-hydrogen) atoms. The van der Waals surface area contributed by atoms with Crippen molar-refractivity contribution in [3.8, 4) is 0 Å². The van der Waals surface area contributed by atoms with Gasteiger partial charge in [0.1, 0.15) is 11.0 Å². The van der Waals surface area contributed by atoms with E-state index in [0.717, 1.165) is 14.8 Å². The van der Waals surface area contributed by atoms with Crippen molar-refractivity contribution < 1.29 is 12.6 Å². The van der Waals surface area contributed by atoms with Crippen LogP contribution in [0.3, 0.4) is 0 Å². The molecule has 3 atom stereocenters. The molecule has 6 heteroatoms. The average molecular weight is 361 g/mol. The number of rotatable bonds is 3. The van der Waals surface area contributed by atoms with E-state index in [-0.39, 0.29) is 10.1 Å². The highest BCUT2D eigenvalue weighted by atomic mass is 32.3. The Balaban J connectivity index is 2.12. The zero-order valence-electron chi connectivity index (χ0n) is 13.5. The summed E-state index contributed by atoms with van der Waals surface area (Å²) >= 11 is 0. The highest BCUT2D eigenvalue weighted by Gasteiger charge is 2.39. The maximum Gasteiger partial charge on any atom is 0.255 e. The second-order valence-corrected chi connectivity index (χ2v) is 9.53. The maximum absolute atomic E-state index is 13.1. The molecule has 3 rings (SSSR count). The number of sulfonamides is 1. The van der Waals surface area contributed by atoms with Crippen molar-refractivity contribution in [3.63, 3.8) is 0 Å². The maximum atomic E-state index is 13.1. The smallest absolute Gasteiger partial charge is 0.241 e. The summed E-state index contributed by atoms with van der Waals surface area (Å²) in [5, 5.41) is -0.356. The van der Waals surface area contributed by atoms with Gasteiger partial charge in [-0.1, -0.05) is 60.2 Å². The number of aryl methyl sites for hydroxylation is 1. The Kier molecular flexibility index (Phi) is 4.71. The first-order valence-corrected chi connectivity index (χ1v) is 10.3. The van der Waals surface area contributed by atoms with Crippen LogP contribution in [-0.2, 0) is 21.0 Å². The van der Waals surface area contributed by atoms with E-state index < -0.39 is 27.1 Å². The Labute approximate surface area is 145 Å². The molecule has 0 aliphatic carbocycles. The first-order chi connectivity index (χ1) is 11.4. The zero-order valence-corrected chi connectivity index (χ0v) is 15.1. The van der Waals surface area contributed by atoms with Gasteiger partial charge in [0.25, 0.3) is 10.0 Å². The lowest BCUT2D eigenvalue weighted by Gasteiger charge is -2.32. The molecule has 1 aliphatic heterocycles. The highest BCUT2D eigenvalue weighted by molar-refractivity contribution is 8.01. The van der Waals surface area contributed by atoms with E-state index in [2.05, 4.69) is 0 Å². The number of hydrogen-bond donors (Lipinski definition) is 0. The zero-order chi connectivity index (χ0) is 17.3. The first-order valence-electron chi connectivity index (χ1n) is 7.66. The minimum absolute atomic E-state index is 0.157. The number of hydrogen-bond acceptors (Lipinski definition) is 3. The van der Waals surface area contributed by atoms with E-state index in [0.29, 0.717) is 0 Å². The van der Waals surface area contributed by atoms with Crippen LogP contribution in [0.5, 0.6) is 0 Å². The molecule has 0 radical (unpaired) electrons. The molecule has 0 N–H and O–H groups in total. The molecule has 1 aliphatic rings.